The van der Waals surface area contributed by atoms with Crippen LogP contribution in [0.3, 0.4) is 0 Å². The minimum Gasteiger partial charge on any atom is -0.456 e. The van der Waals surface area contributed by atoms with Crippen molar-refractivity contribution in [2.75, 3.05) is 0 Å². The van der Waals surface area contributed by atoms with E-state index >= 15 is 0 Å². The van der Waals surface area contributed by atoms with E-state index in [1.807, 2.05) is 18.2 Å². The van der Waals surface area contributed by atoms with Gasteiger partial charge >= 0.3 is 0 Å². The standard InChI is InChI=1S/C42H24N2OS/c1-2-11-25(12-3-1)39-41-40(31-17-8-9-20-37(31)46-41)44-42(43-39)32-18-10-19-36-38(32)34-24-27(21-22-35(34)45-36)33-23-26-13-4-5-14-28(26)29-15-6-7-16-30(29)33/h1-24H. The van der Waals surface area contributed by atoms with Crippen molar-refractivity contribution in [2.24, 2.45) is 0 Å². The molecule has 4 heteroatoms. The molecule has 0 spiro atoms. The molecule has 0 radical (unpaired) electrons. The van der Waals surface area contributed by atoms with Crippen LogP contribution in [-0.4, -0.2) is 9.97 Å². The van der Waals surface area contributed by atoms with Gasteiger partial charge in [-0.25, -0.2) is 9.97 Å². The second-order valence-electron chi connectivity index (χ2n) is 11.7. The Balaban J connectivity index is 1.26. The smallest absolute Gasteiger partial charge is 0.161 e. The molecular formula is C42H24N2OS. The van der Waals surface area contributed by atoms with E-state index in [1.165, 1.54) is 31.8 Å². The number of hydrogen-bond acceptors (Lipinski definition) is 4. The van der Waals surface area contributed by atoms with Crippen LogP contribution < -0.4 is 0 Å². The van der Waals surface area contributed by atoms with Crippen LogP contribution in [0.2, 0.25) is 0 Å². The van der Waals surface area contributed by atoms with Crippen molar-refractivity contribution in [2.45, 2.75) is 0 Å². The van der Waals surface area contributed by atoms with E-state index in [9.17, 15) is 0 Å². The van der Waals surface area contributed by atoms with Gasteiger partial charge < -0.3 is 4.42 Å². The molecule has 46 heavy (non-hydrogen) atoms. The van der Waals surface area contributed by atoms with Gasteiger partial charge in [0.1, 0.15) is 11.2 Å². The summed E-state index contributed by atoms with van der Waals surface area (Å²) in [5.74, 6) is 0.699. The molecule has 0 saturated carbocycles. The number of thiophene rings is 1. The first-order valence-corrected chi connectivity index (χ1v) is 16.2. The molecule has 0 fully saturated rings. The average Bonchev–Trinajstić information content (AvgIpc) is 3.69. The molecule has 0 atom stereocenters. The van der Waals surface area contributed by atoms with Crippen molar-refractivity contribution < 1.29 is 4.42 Å². The third-order valence-electron chi connectivity index (χ3n) is 9.08. The van der Waals surface area contributed by atoms with E-state index in [1.54, 1.807) is 11.3 Å². The minimum atomic E-state index is 0.699. The molecule has 3 aromatic heterocycles. The monoisotopic (exact) mass is 604 g/mol. The summed E-state index contributed by atoms with van der Waals surface area (Å²) in [5, 5.41) is 8.22. The molecular weight excluding hydrogens is 581 g/mol. The van der Waals surface area contributed by atoms with E-state index < -0.39 is 0 Å². The summed E-state index contributed by atoms with van der Waals surface area (Å²) >= 11 is 1.75. The van der Waals surface area contributed by atoms with E-state index in [4.69, 9.17) is 14.4 Å². The Morgan fingerprint density at radius 3 is 2.13 bits per heavy atom. The lowest BCUT2D eigenvalue weighted by Crippen LogP contribution is -1.94. The van der Waals surface area contributed by atoms with Gasteiger partial charge in [0.25, 0.3) is 0 Å². The summed E-state index contributed by atoms with van der Waals surface area (Å²) < 4.78 is 8.78. The summed E-state index contributed by atoms with van der Waals surface area (Å²) in [7, 11) is 0. The largest absolute Gasteiger partial charge is 0.456 e. The molecule has 0 bridgehead atoms. The average molecular weight is 605 g/mol. The van der Waals surface area contributed by atoms with Gasteiger partial charge in [0, 0.05) is 32.0 Å². The van der Waals surface area contributed by atoms with Gasteiger partial charge in [0.2, 0.25) is 0 Å². The zero-order chi connectivity index (χ0) is 30.2. The molecule has 0 saturated heterocycles. The highest BCUT2D eigenvalue weighted by Crippen LogP contribution is 2.43. The van der Waals surface area contributed by atoms with Gasteiger partial charge in [0.05, 0.1) is 15.9 Å². The summed E-state index contributed by atoms with van der Waals surface area (Å²) in [4.78, 5) is 10.6. The topological polar surface area (TPSA) is 38.9 Å². The molecule has 0 aliphatic heterocycles. The van der Waals surface area contributed by atoms with Crippen LogP contribution >= 0.6 is 11.3 Å². The number of furan rings is 1. The molecule has 0 aliphatic rings. The Bertz CT molecular complexity index is 2810. The van der Waals surface area contributed by atoms with Crippen molar-refractivity contribution in [1.82, 2.24) is 9.97 Å². The highest BCUT2D eigenvalue weighted by atomic mass is 32.1. The predicted molar refractivity (Wildman–Crippen MR) is 194 cm³/mol. The Morgan fingerprint density at radius 2 is 1.24 bits per heavy atom. The van der Waals surface area contributed by atoms with Gasteiger partial charge in [-0.3, -0.25) is 0 Å². The number of nitrogens with zero attached hydrogens (tertiary/aromatic N) is 2. The summed E-state index contributed by atoms with van der Waals surface area (Å²) in [5.41, 5.74) is 8.01. The van der Waals surface area contributed by atoms with Crippen LogP contribution in [0.25, 0.3) is 97.6 Å². The molecule has 3 heterocycles. The van der Waals surface area contributed by atoms with Gasteiger partial charge in [-0.05, 0) is 63.0 Å². The van der Waals surface area contributed by atoms with Crippen molar-refractivity contribution in [1.29, 1.82) is 0 Å². The lowest BCUT2D eigenvalue weighted by molar-refractivity contribution is 0.669. The fraction of sp³-hybridized carbons (Fsp3) is 0. The first-order valence-electron chi connectivity index (χ1n) is 15.4. The van der Waals surface area contributed by atoms with E-state index in [-0.39, 0.29) is 0 Å². The normalized spacial score (nSPS) is 11.9. The number of hydrogen-bond donors (Lipinski definition) is 0. The highest BCUT2D eigenvalue weighted by Gasteiger charge is 2.20. The van der Waals surface area contributed by atoms with Crippen LogP contribution in [0.1, 0.15) is 0 Å². The maximum Gasteiger partial charge on any atom is 0.161 e. The number of benzene rings is 7. The molecule has 0 aliphatic carbocycles. The number of fused-ring (bicyclic) bond motifs is 9. The van der Waals surface area contributed by atoms with E-state index in [0.717, 1.165) is 59.9 Å². The molecule has 0 unspecified atom stereocenters. The summed E-state index contributed by atoms with van der Waals surface area (Å²) in [6.45, 7) is 0. The third kappa shape index (κ3) is 3.77. The molecule has 3 nitrogen and oxygen atoms in total. The lowest BCUT2D eigenvalue weighted by atomic mass is 9.92. The molecule has 7 aromatic carbocycles. The zero-order valence-electron chi connectivity index (χ0n) is 24.6. The van der Waals surface area contributed by atoms with Crippen molar-refractivity contribution in [3.05, 3.63) is 146 Å². The number of aromatic nitrogens is 2. The Kier molecular flexibility index (Phi) is 5.45. The van der Waals surface area contributed by atoms with Gasteiger partial charge in [-0.15, -0.1) is 11.3 Å². The first-order chi connectivity index (χ1) is 22.8. The fourth-order valence-electron chi connectivity index (χ4n) is 6.98. The van der Waals surface area contributed by atoms with Crippen LogP contribution in [0, 0.1) is 0 Å². The molecule has 0 amide bonds. The van der Waals surface area contributed by atoms with Crippen LogP contribution in [0.4, 0.5) is 0 Å². The van der Waals surface area contributed by atoms with E-state index in [0.29, 0.717) is 5.82 Å². The maximum absolute atomic E-state index is 6.47. The van der Waals surface area contributed by atoms with Crippen LogP contribution in [0.15, 0.2) is 150 Å². The third-order valence-corrected chi connectivity index (χ3v) is 10.2. The lowest BCUT2D eigenvalue weighted by Gasteiger charge is -2.11. The van der Waals surface area contributed by atoms with Crippen LogP contribution in [0.5, 0.6) is 0 Å². The van der Waals surface area contributed by atoms with E-state index in [2.05, 4.69) is 127 Å². The Labute approximate surface area is 268 Å². The Hall–Kier alpha value is -5.84. The predicted octanol–water partition coefficient (Wildman–Crippen LogP) is 12.1. The SMILES string of the molecule is c1ccc(-c2nc(-c3cccc4oc5ccc(-c6cc7ccccc7c7ccccc67)cc5c34)nc3c2sc2ccccc23)cc1. The quantitative estimate of drug-likeness (QED) is 0.188. The number of rotatable bonds is 3. The van der Waals surface area contributed by atoms with Gasteiger partial charge in [-0.1, -0.05) is 115 Å². The first kappa shape index (κ1) is 25.5. The van der Waals surface area contributed by atoms with Crippen molar-refractivity contribution >= 4 is 75.1 Å². The second kappa shape index (κ2) is 9.83. The van der Waals surface area contributed by atoms with Crippen molar-refractivity contribution in [3.63, 3.8) is 0 Å². The highest BCUT2D eigenvalue weighted by molar-refractivity contribution is 7.26. The van der Waals surface area contributed by atoms with Gasteiger partial charge in [-0.2, -0.15) is 0 Å². The minimum absolute atomic E-state index is 0.699. The molecule has 214 valence electrons. The molecule has 10 rings (SSSR count). The maximum atomic E-state index is 6.47. The summed E-state index contributed by atoms with van der Waals surface area (Å²) in [6.07, 6.45) is 0. The molecule has 10 aromatic rings. The Morgan fingerprint density at radius 1 is 0.478 bits per heavy atom. The van der Waals surface area contributed by atoms with Crippen molar-refractivity contribution in [3.8, 4) is 33.8 Å². The molecule has 0 N–H and O–H groups in total. The second-order valence-corrected chi connectivity index (χ2v) is 12.8. The zero-order valence-corrected chi connectivity index (χ0v) is 25.4. The fourth-order valence-corrected chi connectivity index (χ4v) is 8.13. The summed E-state index contributed by atoms with van der Waals surface area (Å²) in [6, 6.07) is 51.3. The van der Waals surface area contributed by atoms with Crippen LogP contribution in [-0.2, 0) is 0 Å². The van der Waals surface area contributed by atoms with Gasteiger partial charge in [0.15, 0.2) is 5.82 Å².